The van der Waals surface area contributed by atoms with Gasteiger partial charge in [-0.3, -0.25) is 4.79 Å². The number of carbonyl (C=O) groups excluding carboxylic acids is 1. The van der Waals surface area contributed by atoms with E-state index in [9.17, 15) is 4.79 Å². The van der Waals surface area contributed by atoms with Crippen molar-refractivity contribution in [2.45, 2.75) is 53.5 Å². The molecule has 0 saturated carbocycles. The normalized spacial score (nSPS) is 15.9. The van der Waals surface area contributed by atoms with E-state index in [2.05, 4.69) is 11.9 Å². The lowest BCUT2D eigenvalue weighted by Crippen LogP contribution is -2.43. The molecule has 1 saturated heterocycles. The molecule has 1 unspecified atom stereocenters. The van der Waals surface area contributed by atoms with E-state index in [1.54, 1.807) is 6.92 Å². The van der Waals surface area contributed by atoms with Crippen LogP contribution in [0.3, 0.4) is 0 Å². The number of methoxy groups -OCH3 is 1. The van der Waals surface area contributed by atoms with Gasteiger partial charge in [-0.2, -0.15) is 0 Å². The van der Waals surface area contributed by atoms with Crippen LogP contribution < -0.4 is 5.32 Å². The van der Waals surface area contributed by atoms with E-state index in [1.807, 2.05) is 27.7 Å². The molecule has 0 aliphatic carbocycles. The van der Waals surface area contributed by atoms with Gasteiger partial charge in [0.15, 0.2) is 11.7 Å². The molecule has 0 radical (unpaired) electrons. The maximum absolute atomic E-state index is 11.5. The van der Waals surface area contributed by atoms with Crippen LogP contribution in [0.2, 0.25) is 0 Å². The van der Waals surface area contributed by atoms with Crippen LogP contribution in [0.1, 0.15) is 47.5 Å². The molecular formula is C15H31NO3. The molecule has 1 N–H and O–H groups in total. The number of Topliss-reactive ketones (excluding diaryl/α,β-unsaturated/α-hetero) is 1. The van der Waals surface area contributed by atoms with Gasteiger partial charge in [-0.25, -0.2) is 0 Å². The number of carbonyl (C=O) groups is 1. The van der Waals surface area contributed by atoms with Gasteiger partial charge in [-0.1, -0.05) is 27.7 Å². The lowest BCUT2D eigenvalue weighted by molar-refractivity contribution is -0.121. The minimum Gasteiger partial charge on any atom is -0.483 e. The molecule has 1 aliphatic heterocycles. The first-order valence-electron chi connectivity index (χ1n) is 7.22. The largest absolute Gasteiger partial charge is 0.483 e. The van der Waals surface area contributed by atoms with Crippen molar-refractivity contribution in [3.8, 4) is 0 Å². The highest BCUT2D eigenvalue weighted by Crippen LogP contribution is 2.20. The molecule has 114 valence electrons. The maximum Gasteiger partial charge on any atom is 0.179 e. The Morgan fingerprint density at radius 2 is 1.74 bits per heavy atom. The number of rotatable bonds is 5. The van der Waals surface area contributed by atoms with E-state index < -0.39 is 0 Å². The fourth-order valence-electron chi connectivity index (χ4n) is 1.83. The molecule has 0 bridgehead atoms. The quantitative estimate of drug-likeness (QED) is 0.782. The maximum atomic E-state index is 11.5. The Balaban J connectivity index is 0. The molecule has 1 rings (SSSR count). The molecule has 1 atom stereocenters. The summed E-state index contributed by atoms with van der Waals surface area (Å²) < 4.78 is 10.2. The number of hydrogen-bond donors (Lipinski definition) is 1. The molecule has 0 aromatic rings. The second-order valence-corrected chi connectivity index (χ2v) is 3.81. The molecule has 0 amide bonds. The van der Waals surface area contributed by atoms with Crippen LogP contribution in [0.15, 0.2) is 12.5 Å². The molecule has 19 heavy (non-hydrogen) atoms. The van der Waals surface area contributed by atoms with Crippen molar-refractivity contribution < 1.29 is 14.3 Å². The monoisotopic (exact) mass is 273 g/mol. The highest BCUT2D eigenvalue weighted by molar-refractivity contribution is 5.82. The Morgan fingerprint density at radius 1 is 1.26 bits per heavy atom. The lowest BCUT2D eigenvalue weighted by Gasteiger charge is -2.29. The summed E-state index contributed by atoms with van der Waals surface area (Å²) in [4.78, 5) is 11.5. The van der Waals surface area contributed by atoms with Crippen molar-refractivity contribution in [1.29, 1.82) is 0 Å². The summed E-state index contributed by atoms with van der Waals surface area (Å²) >= 11 is 0. The molecule has 4 nitrogen and oxygen atoms in total. The Hall–Kier alpha value is -1.03. The van der Waals surface area contributed by atoms with Crippen LogP contribution in [-0.4, -0.2) is 32.1 Å². The fraction of sp³-hybridized carbons (Fsp3) is 0.800. The Labute approximate surface area is 118 Å². The van der Waals surface area contributed by atoms with Gasteiger partial charge in [0.1, 0.15) is 0 Å². The first kappa shape index (κ1) is 20.3. The third-order valence-corrected chi connectivity index (χ3v) is 2.74. The highest BCUT2D eigenvalue weighted by atomic mass is 16.5. The summed E-state index contributed by atoms with van der Waals surface area (Å²) in [6.07, 6.45) is 1.82. The smallest absolute Gasteiger partial charge is 0.179 e. The van der Waals surface area contributed by atoms with E-state index in [-0.39, 0.29) is 11.8 Å². The molecule has 1 aliphatic rings. The minimum absolute atomic E-state index is 0.125. The van der Waals surface area contributed by atoms with E-state index in [0.717, 1.165) is 26.1 Å². The average molecular weight is 273 g/mol. The van der Waals surface area contributed by atoms with E-state index in [4.69, 9.17) is 9.47 Å². The van der Waals surface area contributed by atoms with E-state index >= 15 is 0 Å². The topological polar surface area (TPSA) is 47.6 Å². The first-order valence-corrected chi connectivity index (χ1v) is 7.22. The van der Waals surface area contributed by atoms with Gasteiger partial charge >= 0.3 is 0 Å². The van der Waals surface area contributed by atoms with Crippen molar-refractivity contribution >= 4 is 5.78 Å². The van der Waals surface area contributed by atoms with E-state index in [0.29, 0.717) is 11.8 Å². The third kappa shape index (κ3) is 8.65. The van der Waals surface area contributed by atoms with Crippen molar-refractivity contribution in [1.82, 2.24) is 5.32 Å². The summed E-state index contributed by atoms with van der Waals surface area (Å²) in [6.45, 7) is 14.7. The van der Waals surface area contributed by atoms with Crippen molar-refractivity contribution in [2.75, 3.05) is 20.3 Å². The van der Waals surface area contributed by atoms with Gasteiger partial charge in [0.05, 0.1) is 13.2 Å². The van der Waals surface area contributed by atoms with Gasteiger partial charge in [0.2, 0.25) is 0 Å². The lowest BCUT2D eigenvalue weighted by atomic mass is 9.89. The zero-order chi connectivity index (χ0) is 15.3. The zero-order valence-corrected chi connectivity index (χ0v) is 13.4. The van der Waals surface area contributed by atoms with Crippen LogP contribution in [0, 0.1) is 5.92 Å². The number of hydrogen-bond acceptors (Lipinski definition) is 4. The predicted octanol–water partition coefficient (Wildman–Crippen LogP) is 3.13. The van der Waals surface area contributed by atoms with Crippen LogP contribution in [0.25, 0.3) is 0 Å². The predicted molar refractivity (Wildman–Crippen MR) is 80.0 cm³/mol. The second-order valence-electron chi connectivity index (χ2n) is 3.81. The summed E-state index contributed by atoms with van der Waals surface area (Å²) in [5.41, 5.74) is 0. The molecule has 0 aromatic heterocycles. The summed E-state index contributed by atoms with van der Waals surface area (Å²) in [5.74, 6) is 0.893. The number of ketones is 1. The second kappa shape index (κ2) is 13.4. The number of nitrogens with one attached hydrogen (secondary N) is 1. The van der Waals surface area contributed by atoms with Crippen molar-refractivity contribution in [2.24, 2.45) is 5.92 Å². The summed E-state index contributed by atoms with van der Waals surface area (Å²) in [5, 5.41) is 3.01. The van der Waals surface area contributed by atoms with Gasteiger partial charge in [-0.15, -0.1) is 0 Å². The van der Waals surface area contributed by atoms with Crippen molar-refractivity contribution in [3.63, 3.8) is 0 Å². The fourth-order valence-corrected chi connectivity index (χ4v) is 1.83. The zero-order valence-electron chi connectivity index (χ0n) is 13.4. The van der Waals surface area contributed by atoms with Gasteiger partial charge in [0, 0.05) is 13.2 Å². The van der Waals surface area contributed by atoms with Crippen LogP contribution in [-0.2, 0) is 14.3 Å². The summed E-state index contributed by atoms with van der Waals surface area (Å²) in [7, 11) is 1.54. The molecular weight excluding hydrogens is 242 g/mol. The molecule has 4 heteroatoms. The Morgan fingerprint density at radius 3 is 2.11 bits per heavy atom. The average Bonchev–Trinajstić information content (AvgIpc) is 2.49. The standard InChI is InChI=1S/C11H19NO3.2C2H6/c1-8(13)11(12-9(2)14-3)10-4-6-15-7-5-10;2*1-2/h10-12H,2,4-7H2,1,3H3;2*1-2H3. The van der Waals surface area contributed by atoms with Crippen molar-refractivity contribution in [3.05, 3.63) is 12.5 Å². The van der Waals surface area contributed by atoms with Crippen LogP contribution in [0.4, 0.5) is 0 Å². The number of ether oxygens (including phenoxy) is 2. The van der Waals surface area contributed by atoms with Gasteiger partial charge < -0.3 is 14.8 Å². The Kier molecular flexibility index (Phi) is 14.3. The summed E-state index contributed by atoms with van der Waals surface area (Å²) in [6, 6.07) is -0.193. The SMILES string of the molecule is C=C(NC(C(C)=O)C1CCOCC1)OC.CC.CC. The van der Waals surface area contributed by atoms with Crippen LogP contribution >= 0.6 is 0 Å². The Bertz CT molecular complexity index is 236. The third-order valence-electron chi connectivity index (χ3n) is 2.74. The van der Waals surface area contributed by atoms with Gasteiger partial charge in [0.25, 0.3) is 0 Å². The van der Waals surface area contributed by atoms with E-state index in [1.165, 1.54) is 7.11 Å². The van der Waals surface area contributed by atoms with Gasteiger partial charge in [-0.05, 0) is 32.3 Å². The molecule has 0 aromatic carbocycles. The van der Waals surface area contributed by atoms with Crippen LogP contribution in [0.5, 0.6) is 0 Å². The highest BCUT2D eigenvalue weighted by Gasteiger charge is 2.27. The molecule has 0 spiro atoms. The molecule has 1 fully saturated rings. The first-order chi connectivity index (χ1) is 9.15. The minimum atomic E-state index is -0.193. The molecule has 1 heterocycles.